The third-order valence-electron chi connectivity index (χ3n) is 2.82. The lowest BCUT2D eigenvalue weighted by atomic mass is 9.97. The maximum Gasteiger partial charge on any atom is 0.307 e. The average molecular weight is 256 g/mol. The van der Waals surface area contributed by atoms with Gasteiger partial charge in [-0.25, -0.2) is 0 Å². The molecule has 0 spiro atoms. The highest BCUT2D eigenvalue weighted by Crippen LogP contribution is 2.27. The lowest BCUT2D eigenvalue weighted by Gasteiger charge is -2.10. The Kier molecular flexibility index (Phi) is 4.18. The first-order valence-corrected chi connectivity index (χ1v) is 6.23. The van der Waals surface area contributed by atoms with Crippen LogP contribution in [-0.2, 0) is 11.2 Å². The van der Waals surface area contributed by atoms with Crippen LogP contribution in [0.2, 0.25) is 0 Å². The minimum absolute atomic E-state index is 0.0229. The Labute approximate surface area is 112 Å². The van der Waals surface area contributed by atoms with E-state index in [4.69, 9.17) is 9.84 Å². The van der Waals surface area contributed by atoms with Crippen molar-refractivity contribution < 1.29 is 14.6 Å². The molecule has 1 N–H and O–H groups in total. The Bertz CT molecular complexity index is 576. The lowest BCUT2D eigenvalue weighted by Crippen LogP contribution is -2.01. The van der Waals surface area contributed by atoms with E-state index in [1.54, 1.807) is 0 Å². The van der Waals surface area contributed by atoms with Crippen molar-refractivity contribution in [2.45, 2.75) is 13.3 Å². The quantitative estimate of drug-likeness (QED) is 0.892. The molecule has 0 fully saturated rings. The molecular formula is C16H16O3. The topological polar surface area (TPSA) is 46.5 Å². The summed E-state index contributed by atoms with van der Waals surface area (Å²) in [5, 5.41) is 8.95. The molecular weight excluding hydrogens is 240 g/mol. The Morgan fingerprint density at radius 3 is 2.68 bits per heavy atom. The second-order valence-electron chi connectivity index (χ2n) is 4.19. The van der Waals surface area contributed by atoms with Crippen molar-refractivity contribution in [1.29, 1.82) is 0 Å². The van der Waals surface area contributed by atoms with E-state index in [-0.39, 0.29) is 6.42 Å². The molecule has 2 rings (SSSR count). The zero-order valence-electron chi connectivity index (χ0n) is 10.8. The van der Waals surface area contributed by atoms with Crippen molar-refractivity contribution in [1.82, 2.24) is 0 Å². The Morgan fingerprint density at radius 2 is 1.95 bits per heavy atom. The van der Waals surface area contributed by atoms with Crippen molar-refractivity contribution in [3.63, 3.8) is 0 Å². The van der Waals surface area contributed by atoms with Crippen LogP contribution in [0.25, 0.3) is 11.1 Å². The van der Waals surface area contributed by atoms with Gasteiger partial charge in [-0.15, -0.1) is 0 Å². The Hall–Kier alpha value is -2.29. The highest BCUT2D eigenvalue weighted by atomic mass is 16.5. The lowest BCUT2D eigenvalue weighted by molar-refractivity contribution is -0.136. The molecule has 0 bridgehead atoms. The van der Waals surface area contributed by atoms with Crippen LogP contribution in [0.1, 0.15) is 12.5 Å². The summed E-state index contributed by atoms with van der Waals surface area (Å²) in [6.07, 6.45) is 0.0229. The molecule has 0 aliphatic heterocycles. The summed E-state index contributed by atoms with van der Waals surface area (Å²) >= 11 is 0. The molecule has 0 aliphatic carbocycles. The minimum Gasteiger partial charge on any atom is -0.494 e. The van der Waals surface area contributed by atoms with E-state index in [1.807, 2.05) is 55.5 Å². The van der Waals surface area contributed by atoms with Gasteiger partial charge in [0.2, 0.25) is 0 Å². The van der Waals surface area contributed by atoms with Gasteiger partial charge in [-0.2, -0.15) is 0 Å². The first-order chi connectivity index (χ1) is 9.20. The maximum atomic E-state index is 10.9. The summed E-state index contributed by atoms with van der Waals surface area (Å²) in [7, 11) is 0. The van der Waals surface area contributed by atoms with Crippen LogP contribution in [0, 0.1) is 0 Å². The van der Waals surface area contributed by atoms with Crippen LogP contribution in [0.5, 0.6) is 5.75 Å². The van der Waals surface area contributed by atoms with Gasteiger partial charge in [-0.1, -0.05) is 36.4 Å². The van der Waals surface area contributed by atoms with Gasteiger partial charge in [0.15, 0.2) is 0 Å². The molecule has 0 amide bonds. The van der Waals surface area contributed by atoms with Crippen LogP contribution in [0.3, 0.4) is 0 Å². The van der Waals surface area contributed by atoms with Gasteiger partial charge < -0.3 is 9.84 Å². The highest BCUT2D eigenvalue weighted by Gasteiger charge is 2.08. The van der Waals surface area contributed by atoms with Crippen LogP contribution < -0.4 is 4.74 Å². The summed E-state index contributed by atoms with van der Waals surface area (Å²) in [5.74, 6) is -0.0291. The maximum absolute atomic E-state index is 10.9. The minimum atomic E-state index is -0.826. The third kappa shape index (κ3) is 3.35. The first-order valence-electron chi connectivity index (χ1n) is 6.23. The van der Waals surface area contributed by atoms with Crippen molar-refractivity contribution >= 4 is 5.97 Å². The second kappa shape index (κ2) is 6.05. The molecule has 0 atom stereocenters. The summed E-state index contributed by atoms with van der Waals surface area (Å²) < 4.78 is 5.47. The average Bonchev–Trinajstić information content (AvgIpc) is 2.39. The van der Waals surface area contributed by atoms with Crippen molar-refractivity contribution in [3.05, 3.63) is 54.1 Å². The first kappa shape index (κ1) is 13.1. The Morgan fingerprint density at radius 1 is 1.16 bits per heavy atom. The highest BCUT2D eigenvalue weighted by molar-refractivity contribution is 5.77. The van der Waals surface area contributed by atoms with Crippen molar-refractivity contribution in [3.8, 4) is 16.9 Å². The van der Waals surface area contributed by atoms with Gasteiger partial charge in [0.05, 0.1) is 13.0 Å². The molecule has 0 heterocycles. The summed E-state index contributed by atoms with van der Waals surface area (Å²) in [5.41, 5.74) is 2.72. The van der Waals surface area contributed by atoms with Crippen LogP contribution >= 0.6 is 0 Å². The van der Waals surface area contributed by atoms with Gasteiger partial charge in [-0.05, 0) is 35.7 Å². The van der Waals surface area contributed by atoms with E-state index in [9.17, 15) is 4.79 Å². The molecule has 0 unspecified atom stereocenters. The molecule has 98 valence electrons. The van der Waals surface area contributed by atoms with E-state index >= 15 is 0 Å². The van der Waals surface area contributed by atoms with E-state index in [1.165, 1.54) is 0 Å². The molecule has 2 aromatic carbocycles. The number of carboxylic acid groups (broad SMARTS) is 1. The van der Waals surface area contributed by atoms with E-state index in [0.717, 1.165) is 22.4 Å². The van der Waals surface area contributed by atoms with Crippen LogP contribution in [0.4, 0.5) is 0 Å². The van der Waals surface area contributed by atoms with Gasteiger partial charge >= 0.3 is 5.97 Å². The molecule has 3 heteroatoms. The summed E-state index contributed by atoms with van der Waals surface area (Å²) in [4.78, 5) is 10.9. The standard InChI is InChI=1S/C16H16O3/c1-2-19-14-8-5-7-12(10-14)15-9-4-3-6-13(15)11-16(17)18/h3-10H,2,11H2,1H3,(H,17,18). The van der Waals surface area contributed by atoms with Gasteiger partial charge in [0.25, 0.3) is 0 Å². The summed E-state index contributed by atoms with van der Waals surface area (Å²) in [6.45, 7) is 2.55. The van der Waals surface area contributed by atoms with Gasteiger partial charge in [0, 0.05) is 0 Å². The number of aliphatic carboxylic acids is 1. The second-order valence-corrected chi connectivity index (χ2v) is 4.19. The smallest absolute Gasteiger partial charge is 0.307 e. The number of carbonyl (C=O) groups is 1. The zero-order chi connectivity index (χ0) is 13.7. The number of ether oxygens (including phenoxy) is 1. The normalized spacial score (nSPS) is 10.2. The van der Waals surface area contributed by atoms with Crippen molar-refractivity contribution in [2.24, 2.45) is 0 Å². The van der Waals surface area contributed by atoms with Gasteiger partial charge in [-0.3, -0.25) is 4.79 Å². The zero-order valence-corrected chi connectivity index (χ0v) is 10.8. The molecule has 0 aliphatic rings. The molecule has 19 heavy (non-hydrogen) atoms. The largest absolute Gasteiger partial charge is 0.494 e. The fourth-order valence-electron chi connectivity index (χ4n) is 2.04. The number of benzene rings is 2. The predicted octanol–water partition coefficient (Wildman–Crippen LogP) is 3.38. The number of rotatable bonds is 5. The van der Waals surface area contributed by atoms with Crippen molar-refractivity contribution in [2.75, 3.05) is 6.61 Å². The number of hydrogen-bond donors (Lipinski definition) is 1. The molecule has 0 aromatic heterocycles. The fraction of sp³-hybridized carbons (Fsp3) is 0.188. The van der Waals surface area contributed by atoms with E-state index in [0.29, 0.717) is 6.61 Å². The van der Waals surface area contributed by atoms with Crippen LogP contribution in [0.15, 0.2) is 48.5 Å². The van der Waals surface area contributed by atoms with E-state index < -0.39 is 5.97 Å². The predicted molar refractivity (Wildman–Crippen MR) is 74.4 cm³/mol. The van der Waals surface area contributed by atoms with Gasteiger partial charge in [0.1, 0.15) is 5.75 Å². The molecule has 0 saturated heterocycles. The van der Waals surface area contributed by atoms with Crippen LogP contribution in [-0.4, -0.2) is 17.7 Å². The third-order valence-corrected chi connectivity index (χ3v) is 2.82. The number of hydrogen-bond acceptors (Lipinski definition) is 2. The SMILES string of the molecule is CCOc1cccc(-c2ccccc2CC(=O)O)c1. The Balaban J connectivity index is 2.40. The molecule has 0 radical (unpaired) electrons. The monoisotopic (exact) mass is 256 g/mol. The molecule has 0 saturated carbocycles. The molecule has 2 aromatic rings. The van der Waals surface area contributed by atoms with E-state index in [2.05, 4.69) is 0 Å². The summed E-state index contributed by atoms with van der Waals surface area (Å²) in [6, 6.07) is 15.3. The fourth-order valence-corrected chi connectivity index (χ4v) is 2.04. The molecule has 3 nitrogen and oxygen atoms in total. The number of carboxylic acids is 1.